The largest absolute Gasteiger partial charge is 0.354 e. The molecule has 8 nitrogen and oxygen atoms in total. The van der Waals surface area contributed by atoms with Crippen molar-refractivity contribution in [1.82, 2.24) is 39.9 Å². The molecule has 14 rings (SSSR count). The molecule has 0 aliphatic carbocycles. The van der Waals surface area contributed by atoms with Crippen LogP contribution in [0.5, 0.6) is 0 Å². The number of hydrogen-bond donors (Lipinski definition) is 4. The van der Waals surface area contributed by atoms with Crippen LogP contribution in [0.25, 0.3) is 145 Å². The van der Waals surface area contributed by atoms with Gasteiger partial charge in [0.1, 0.15) is 0 Å². The Labute approximate surface area is 896 Å². The van der Waals surface area contributed by atoms with Crippen molar-refractivity contribution in [1.29, 1.82) is 0 Å². The van der Waals surface area contributed by atoms with Crippen LogP contribution in [-0.4, -0.2) is 39.9 Å². The van der Waals surface area contributed by atoms with Gasteiger partial charge in [0.25, 0.3) is 0 Å². The van der Waals surface area contributed by atoms with Gasteiger partial charge in [-0.05, 0) is 349 Å². The van der Waals surface area contributed by atoms with Crippen molar-refractivity contribution in [2.24, 2.45) is 0 Å². The van der Waals surface area contributed by atoms with Crippen molar-refractivity contribution in [3.05, 3.63) is 245 Å². The van der Waals surface area contributed by atoms with Gasteiger partial charge in [0.15, 0.2) is 0 Å². The minimum atomic E-state index is -0.0879. The summed E-state index contributed by atoms with van der Waals surface area (Å²) in [6.07, 6.45) is 54.6. The number of nitrogens with zero attached hydrogens (tertiary/aromatic N) is 4. The summed E-state index contributed by atoms with van der Waals surface area (Å²) < 4.78 is 0. The molecule has 4 N–H and O–H groups in total. The minimum absolute atomic E-state index is 0.0879. The molecule has 4 aliphatic heterocycles. The Morgan fingerprint density at radius 1 is 0.223 bits per heavy atom. The first-order valence-corrected chi connectivity index (χ1v) is 59.3. The zero-order valence-corrected chi connectivity index (χ0v) is 97.8. The van der Waals surface area contributed by atoms with Gasteiger partial charge in [-0.1, -0.05) is 402 Å². The fraction of sp³-hybridized carbons (Fsp3) is 0.514. The Balaban J connectivity index is 0.947. The molecule has 0 spiro atoms. The minimum Gasteiger partial charge on any atom is -0.354 e. The fourth-order valence-electron chi connectivity index (χ4n) is 23.7. The molecule has 0 fully saturated rings. The predicted octanol–water partition coefficient (Wildman–Crippen LogP) is 42.9. The summed E-state index contributed by atoms with van der Waals surface area (Å²) in [6.45, 7) is 66.6. The number of allylic oxidation sites excluding steroid dienone is 10. The monoisotopic (exact) mass is 1980 g/mol. The molecule has 16 bridgehead atoms. The molecule has 0 radical (unpaired) electrons. The van der Waals surface area contributed by atoms with E-state index in [1.165, 1.54) is 332 Å². The van der Waals surface area contributed by atoms with Crippen molar-refractivity contribution in [2.45, 2.75) is 472 Å². The molecule has 790 valence electrons. The van der Waals surface area contributed by atoms with Crippen LogP contribution in [0.4, 0.5) is 0 Å². The molecule has 148 heavy (non-hydrogen) atoms. The number of unbranched alkanes of at least 4 members (excludes halogenated alkanes) is 24. The number of hydrogen-bond acceptors (Lipinski definition) is 4. The van der Waals surface area contributed by atoms with Gasteiger partial charge in [-0.2, -0.15) is 0 Å². The molecular formula is C140H190N8. The van der Waals surface area contributed by atoms with Crippen LogP contribution in [0.3, 0.4) is 0 Å². The first kappa shape index (κ1) is 113. The molecule has 8 heteroatoms. The highest BCUT2D eigenvalue weighted by atomic mass is 14.8. The molecule has 0 unspecified atom stereocenters. The van der Waals surface area contributed by atoms with Gasteiger partial charge in [-0.15, -0.1) is 0 Å². The molecule has 0 saturated carbocycles. The average molecular weight is 1990 g/mol. The molecule has 0 atom stereocenters. The maximum Gasteiger partial charge on any atom is 0.0769 e. The highest BCUT2D eigenvalue weighted by molar-refractivity contribution is 6.07. The lowest BCUT2D eigenvalue weighted by Gasteiger charge is -2.26. The second-order valence-corrected chi connectivity index (χ2v) is 49.0. The molecule has 0 amide bonds. The molecular weight excluding hydrogens is 1790 g/mol. The Hall–Kier alpha value is -10.4. The number of aromatic amines is 4. The number of aryl methyl sites for hydroxylation is 8. The summed E-state index contributed by atoms with van der Waals surface area (Å²) in [4.78, 5) is 42.0. The number of rotatable bonds is 47. The van der Waals surface area contributed by atoms with Crippen LogP contribution in [0.1, 0.15) is 521 Å². The smallest absolute Gasteiger partial charge is 0.0769 e. The van der Waals surface area contributed by atoms with Crippen molar-refractivity contribution in [3.8, 4) is 44.5 Å². The predicted molar refractivity (Wildman–Crippen MR) is 652 cm³/mol. The number of aromatic nitrogens is 8. The van der Waals surface area contributed by atoms with Gasteiger partial charge in [-0.25, -0.2) is 19.9 Å². The normalized spacial score (nSPS) is 13.5. The second kappa shape index (κ2) is 51.1. The van der Waals surface area contributed by atoms with Crippen LogP contribution in [-0.2, 0) is 47.3 Å². The summed E-state index contributed by atoms with van der Waals surface area (Å²) in [5.74, 6) is 0. The lowest BCUT2D eigenvalue weighted by atomic mass is 9.78. The lowest BCUT2D eigenvalue weighted by molar-refractivity contribution is 0.568. The van der Waals surface area contributed by atoms with E-state index >= 15 is 0 Å². The van der Waals surface area contributed by atoms with E-state index in [0.29, 0.717) is 0 Å². The van der Waals surface area contributed by atoms with Crippen molar-refractivity contribution in [3.63, 3.8) is 0 Å². The van der Waals surface area contributed by atoms with Crippen LogP contribution in [0.2, 0.25) is 0 Å². The summed E-state index contributed by atoms with van der Waals surface area (Å²) in [5, 5.41) is 0. The third-order valence-electron chi connectivity index (χ3n) is 33.4. The standard InChI is InChI=1S/C140H190N8/c1-29-37-45-53-65-109-91(9)129-125(130-92(10)110(66-54-46-38-30-2)118(142-130)88-122-114(70-58-50-42-34-6)96(14)134(146-122)127(103-81-105(137(17,18)19)85-106(82-103)138(20,21)22)133-95(13)113(69-57-49-41-33-5)121(145-133)87-117(109)141-129)101-77-73-99(74-78-101)63-61-62-64-100-75-79-102(80-76-100)126-131-93(11)111(67-55-47-39-31-3)119(143-131)89-123-115(71-59-51-43-35-7)97(15)135(147-123)128(104-83-107(139(23,24)25)86-108(84-104)140(26,27)28)136-98(16)116(72-60-52-44-36-8)124(148-136)90-120-112(68-56-48-40-32-4)94(12)132(126)144-120/h61-64,73-90,141,143,146,148H,29-60,65-72H2,1-28H3/b63-61+,64-62+,117-87?,118-88?,119-89?,120-90?,121-87?,122-88?,123-89?,124-90?,129-125?,130-125?,131-126?,132-126?,133-127?,134-127?,135-128?,136-128?. The first-order chi connectivity index (χ1) is 71.0. The third-order valence-corrected chi connectivity index (χ3v) is 33.4. The Bertz CT molecular complexity index is 6420. The van der Waals surface area contributed by atoms with Crippen molar-refractivity contribution in [2.75, 3.05) is 0 Å². The van der Waals surface area contributed by atoms with Crippen molar-refractivity contribution < 1.29 is 0 Å². The molecule has 6 aromatic heterocycles. The van der Waals surface area contributed by atoms with E-state index in [2.05, 4.69) is 347 Å². The summed E-state index contributed by atoms with van der Waals surface area (Å²) in [5.41, 5.74) is 56.5. The zero-order valence-electron chi connectivity index (χ0n) is 97.8. The second-order valence-electron chi connectivity index (χ2n) is 49.0. The van der Waals surface area contributed by atoms with Crippen LogP contribution in [0.15, 0.2) is 121 Å². The summed E-state index contributed by atoms with van der Waals surface area (Å²) in [7, 11) is 0. The maximum atomic E-state index is 6.15. The Morgan fingerprint density at radius 2 is 0.419 bits per heavy atom. The van der Waals surface area contributed by atoms with Gasteiger partial charge in [-0.3, -0.25) is 0 Å². The van der Waals surface area contributed by atoms with E-state index < -0.39 is 0 Å². The van der Waals surface area contributed by atoms with E-state index in [1.54, 1.807) is 0 Å². The van der Waals surface area contributed by atoms with E-state index in [0.717, 1.165) is 182 Å². The van der Waals surface area contributed by atoms with Gasteiger partial charge in [0.2, 0.25) is 0 Å². The zero-order chi connectivity index (χ0) is 106. The van der Waals surface area contributed by atoms with Gasteiger partial charge in [0, 0.05) is 44.3 Å². The van der Waals surface area contributed by atoms with Gasteiger partial charge < -0.3 is 19.9 Å². The van der Waals surface area contributed by atoms with Crippen LogP contribution >= 0.6 is 0 Å². The van der Waals surface area contributed by atoms with Gasteiger partial charge in [0.05, 0.1) is 67.6 Å². The highest BCUT2D eigenvalue weighted by Crippen LogP contribution is 2.51. The number of fused-ring (bicyclic) bond motifs is 16. The topological polar surface area (TPSA) is 115 Å². The van der Waals surface area contributed by atoms with Crippen LogP contribution in [0, 0.1) is 27.7 Å². The van der Waals surface area contributed by atoms with Gasteiger partial charge >= 0.3 is 0 Å². The van der Waals surface area contributed by atoms with Crippen molar-refractivity contribution >= 4 is 101 Å². The highest BCUT2D eigenvalue weighted by Gasteiger charge is 2.34. The van der Waals surface area contributed by atoms with E-state index in [4.69, 9.17) is 19.9 Å². The average Bonchev–Trinajstić information content (AvgIpc) is 1.60. The Kier molecular flexibility index (Phi) is 39.1. The van der Waals surface area contributed by atoms with E-state index in [-0.39, 0.29) is 21.7 Å². The fourth-order valence-corrected chi connectivity index (χ4v) is 23.7. The quantitative estimate of drug-likeness (QED) is 0.0225. The molecule has 0 saturated heterocycles. The molecule has 4 aliphatic rings. The molecule has 4 aromatic carbocycles. The third kappa shape index (κ3) is 26.5. The lowest BCUT2D eigenvalue weighted by Crippen LogP contribution is -2.16. The van der Waals surface area contributed by atoms with E-state index in [1.807, 2.05) is 0 Å². The number of H-pyrrole nitrogens is 4. The van der Waals surface area contributed by atoms with Crippen LogP contribution < -0.4 is 0 Å². The number of nitrogens with one attached hydrogen (secondary N) is 4. The molecule has 10 aromatic rings. The summed E-state index contributed by atoms with van der Waals surface area (Å²) in [6, 6.07) is 44.0. The Morgan fingerprint density at radius 3 is 0.615 bits per heavy atom. The number of benzene rings is 4. The van der Waals surface area contributed by atoms with E-state index in [9.17, 15) is 0 Å². The molecule has 10 heterocycles. The maximum absolute atomic E-state index is 6.15. The SMILES string of the molecule is CCCCCCC1=C(C)c2nc1cc1[nH]c(c(C)c1CCCCCC)c(-c1ccc(/C=C/C=C/c3ccc(-c4c5nc(cc6[nH]c(c(C)c6CCCCCC)c(-c6cc(C(C)(C)C)cc(C(C)(C)C)c6)c6nc(cc7[nH]c4c(C)c7CCCCCC)C(CCCCCC)=C6C)C(CCCCCC)=C5C)cc3)cc1)c1nc(cc3[nH]c(c(C)c3CCCCCC)c2-c2cc(C(C)(C)C)cc(C(C)(C)C)c2)C(CCCCCC)=C1C. The first-order valence-electron chi connectivity index (χ1n) is 59.3. The summed E-state index contributed by atoms with van der Waals surface area (Å²) >= 11 is 0.